The first-order valence-corrected chi connectivity index (χ1v) is 12.7. The largest absolute Gasteiger partial charge is 0.454 e. The van der Waals surface area contributed by atoms with Crippen LogP contribution in [0.15, 0.2) is 46.9 Å². The van der Waals surface area contributed by atoms with E-state index in [2.05, 4.69) is 47.8 Å². The van der Waals surface area contributed by atoms with Gasteiger partial charge in [0, 0.05) is 10.0 Å². The number of ether oxygens (including phenoxy) is 2. The van der Waals surface area contributed by atoms with Crippen molar-refractivity contribution in [2.45, 2.75) is 28.0 Å². The molecule has 0 spiro atoms. The summed E-state index contributed by atoms with van der Waals surface area (Å²) in [6.07, 6.45) is -1.23. The third-order valence-electron chi connectivity index (χ3n) is 5.44. The van der Waals surface area contributed by atoms with Crippen molar-refractivity contribution in [3.8, 4) is 17.6 Å². The zero-order chi connectivity index (χ0) is 23.8. The van der Waals surface area contributed by atoms with E-state index in [1.807, 2.05) is 19.9 Å². The Morgan fingerprint density at radius 3 is 2.44 bits per heavy atom. The first-order valence-electron chi connectivity index (χ1n) is 9.40. The van der Waals surface area contributed by atoms with Gasteiger partial charge in [0.05, 0.1) is 10.7 Å². The second-order valence-electron chi connectivity index (χ2n) is 7.96. The Morgan fingerprint density at radius 1 is 1.25 bits per heavy atom. The number of benzene rings is 2. The highest BCUT2D eigenvalue weighted by molar-refractivity contribution is 9.13. The van der Waals surface area contributed by atoms with Crippen LogP contribution < -0.4 is 4.74 Å². The van der Waals surface area contributed by atoms with Gasteiger partial charge in [-0.25, -0.2) is 4.39 Å². The summed E-state index contributed by atoms with van der Waals surface area (Å²) in [5, 5.41) is 9.62. The lowest BCUT2D eigenvalue weighted by Crippen LogP contribution is -2.24. The fraction of sp³-hybridized carbons (Fsp3) is 0.364. The SMILES string of the molecule is CC1(C)[C@H](C(=O)OC(C#N)c2ccc(F)c(Oc3ccc(Br)cc3)c2)[C@H]1C(Br)C(Cl)(Cl)Br. The van der Waals surface area contributed by atoms with E-state index in [0.29, 0.717) is 11.3 Å². The van der Waals surface area contributed by atoms with Crippen molar-refractivity contribution >= 4 is 77.0 Å². The topological polar surface area (TPSA) is 59.3 Å². The summed E-state index contributed by atoms with van der Waals surface area (Å²) in [6.45, 7) is 3.79. The number of alkyl halides is 4. The second-order valence-corrected chi connectivity index (χ2v) is 13.4. The van der Waals surface area contributed by atoms with E-state index in [9.17, 15) is 14.4 Å². The Hall–Kier alpha value is -0.850. The number of halogens is 6. The molecule has 10 heteroatoms. The van der Waals surface area contributed by atoms with Crippen LogP contribution in [0.3, 0.4) is 0 Å². The molecule has 0 saturated heterocycles. The van der Waals surface area contributed by atoms with Gasteiger partial charge in [0.15, 0.2) is 14.8 Å². The molecule has 1 fully saturated rings. The van der Waals surface area contributed by atoms with Crippen LogP contribution in [-0.4, -0.2) is 14.0 Å². The van der Waals surface area contributed by atoms with Crippen molar-refractivity contribution in [3.63, 3.8) is 0 Å². The first kappa shape index (κ1) is 25.8. The fourth-order valence-corrected chi connectivity index (χ4v) is 5.43. The van der Waals surface area contributed by atoms with E-state index in [0.717, 1.165) is 4.47 Å². The van der Waals surface area contributed by atoms with Crippen LogP contribution in [0, 0.1) is 34.4 Å². The maximum absolute atomic E-state index is 14.3. The van der Waals surface area contributed by atoms with Gasteiger partial charge in [-0.2, -0.15) is 5.26 Å². The van der Waals surface area contributed by atoms with Crippen LogP contribution >= 0.6 is 71.0 Å². The zero-order valence-corrected chi connectivity index (χ0v) is 23.1. The maximum atomic E-state index is 14.3. The third kappa shape index (κ3) is 5.61. The van der Waals surface area contributed by atoms with Gasteiger partial charge in [-0.05, 0) is 63.7 Å². The van der Waals surface area contributed by atoms with E-state index in [1.165, 1.54) is 18.2 Å². The summed E-state index contributed by atoms with van der Waals surface area (Å²) in [7, 11) is 0. The Balaban J connectivity index is 1.77. The number of hydrogen-bond donors (Lipinski definition) is 0. The smallest absolute Gasteiger partial charge is 0.311 e. The zero-order valence-electron chi connectivity index (χ0n) is 16.8. The molecule has 0 aliphatic heterocycles. The summed E-state index contributed by atoms with van der Waals surface area (Å²) in [5.41, 5.74) is -0.142. The van der Waals surface area contributed by atoms with Gasteiger partial charge in [0.2, 0.25) is 6.10 Å². The third-order valence-corrected chi connectivity index (χ3v) is 9.33. The molecular weight excluding hydrogens is 656 g/mol. The molecule has 1 aliphatic rings. The predicted molar refractivity (Wildman–Crippen MR) is 132 cm³/mol. The van der Waals surface area contributed by atoms with Gasteiger partial charge in [-0.1, -0.05) is 75.0 Å². The molecule has 1 saturated carbocycles. The van der Waals surface area contributed by atoms with Crippen LogP contribution in [0.2, 0.25) is 0 Å². The Bertz CT molecular complexity index is 1050. The predicted octanol–water partition coefficient (Wildman–Crippen LogP) is 8.05. The van der Waals surface area contributed by atoms with E-state index in [-0.39, 0.29) is 11.7 Å². The number of hydrogen-bond acceptors (Lipinski definition) is 4. The van der Waals surface area contributed by atoms with Gasteiger partial charge in [-0.15, -0.1) is 0 Å². The van der Waals surface area contributed by atoms with Crippen molar-refractivity contribution in [1.29, 1.82) is 5.26 Å². The van der Waals surface area contributed by atoms with Crippen molar-refractivity contribution in [3.05, 3.63) is 58.3 Å². The maximum Gasteiger partial charge on any atom is 0.311 e. The lowest BCUT2D eigenvalue weighted by Gasteiger charge is -2.20. The minimum Gasteiger partial charge on any atom is -0.454 e. The molecule has 0 radical (unpaired) electrons. The quantitative estimate of drug-likeness (QED) is 0.221. The van der Waals surface area contributed by atoms with E-state index >= 15 is 0 Å². The Kier molecular flexibility index (Phi) is 7.88. The highest BCUT2D eigenvalue weighted by Crippen LogP contribution is 2.65. The summed E-state index contributed by atoms with van der Waals surface area (Å²) in [5.74, 6) is -1.56. The van der Waals surface area contributed by atoms with Crippen LogP contribution in [0.25, 0.3) is 0 Å². The number of carbonyl (C=O) groups is 1. The molecule has 0 heterocycles. The van der Waals surface area contributed by atoms with Crippen LogP contribution in [-0.2, 0) is 9.53 Å². The van der Waals surface area contributed by atoms with Gasteiger partial charge in [0.1, 0.15) is 11.8 Å². The Morgan fingerprint density at radius 2 is 1.88 bits per heavy atom. The van der Waals surface area contributed by atoms with Gasteiger partial charge >= 0.3 is 5.97 Å². The average Bonchev–Trinajstić information content (AvgIpc) is 3.29. The minimum atomic E-state index is -1.27. The molecule has 0 amide bonds. The lowest BCUT2D eigenvalue weighted by atomic mass is 10.1. The average molecular weight is 673 g/mol. The molecule has 2 aromatic rings. The number of carbonyl (C=O) groups excluding carboxylic acids is 1. The van der Waals surface area contributed by atoms with Crippen LogP contribution in [0.4, 0.5) is 4.39 Å². The molecule has 2 unspecified atom stereocenters. The molecule has 0 aromatic heterocycles. The highest BCUT2D eigenvalue weighted by atomic mass is 79.9. The summed E-state index contributed by atoms with van der Waals surface area (Å²) in [6, 6.07) is 12.7. The number of nitrogens with zero attached hydrogens (tertiary/aromatic N) is 1. The molecular formula is C22H17Br3Cl2FNO3. The van der Waals surface area contributed by atoms with Gasteiger partial charge in [0.25, 0.3) is 0 Å². The summed E-state index contributed by atoms with van der Waals surface area (Å²) < 4.78 is 25.0. The first-order chi connectivity index (χ1) is 14.9. The minimum absolute atomic E-state index is 0.0837. The highest BCUT2D eigenvalue weighted by Gasteiger charge is 2.67. The van der Waals surface area contributed by atoms with Crippen molar-refractivity contribution in [1.82, 2.24) is 0 Å². The number of esters is 1. The monoisotopic (exact) mass is 669 g/mol. The van der Waals surface area contributed by atoms with Crippen molar-refractivity contribution in [2.24, 2.45) is 17.3 Å². The Labute approximate surface area is 220 Å². The lowest BCUT2D eigenvalue weighted by molar-refractivity contribution is -0.149. The van der Waals surface area contributed by atoms with Crippen LogP contribution in [0.1, 0.15) is 25.5 Å². The van der Waals surface area contributed by atoms with Crippen molar-refractivity contribution in [2.75, 3.05) is 0 Å². The summed E-state index contributed by atoms with van der Waals surface area (Å²) in [4.78, 5) is 12.4. The fourth-order valence-electron chi connectivity index (χ4n) is 3.63. The van der Waals surface area contributed by atoms with Gasteiger partial charge < -0.3 is 9.47 Å². The van der Waals surface area contributed by atoms with Crippen LogP contribution in [0.5, 0.6) is 11.5 Å². The molecule has 32 heavy (non-hydrogen) atoms. The van der Waals surface area contributed by atoms with Crippen molar-refractivity contribution < 1.29 is 18.7 Å². The molecule has 0 bridgehead atoms. The number of rotatable bonds is 7. The van der Waals surface area contributed by atoms with E-state index < -0.39 is 37.3 Å². The normalized spacial score (nSPS) is 21.2. The molecule has 3 rings (SSSR count). The van der Waals surface area contributed by atoms with Gasteiger partial charge in [-0.3, -0.25) is 4.79 Å². The standard InChI is InChI=1S/C22H17Br3Cl2FNO3/c1-21(2)17(19(24)22(25,26)27)18(21)20(30)32-16(10-29)11-3-8-14(28)15(9-11)31-13-6-4-12(23)5-7-13/h3-9,16-19H,1-2H3/t16?,17-,18-,19?/m0/s1. The molecule has 4 nitrogen and oxygen atoms in total. The molecule has 4 atom stereocenters. The van der Waals surface area contributed by atoms with E-state index in [1.54, 1.807) is 24.3 Å². The molecule has 1 aliphatic carbocycles. The molecule has 2 aromatic carbocycles. The molecule has 0 N–H and O–H groups in total. The molecule has 170 valence electrons. The second kappa shape index (κ2) is 9.79. The summed E-state index contributed by atoms with van der Waals surface area (Å²) >= 11 is 22.2. The van der Waals surface area contributed by atoms with E-state index in [4.69, 9.17) is 32.7 Å². The number of nitriles is 1.